The normalized spacial score (nSPS) is 12.3. The van der Waals surface area contributed by atoms with Crippen LogP contribution in [0.1, 0.15) is 90.8 Å². The first-order valence-electron chi connectivity index (χ1n) is 11.6. The highest BCUT2D eigenvalue weighted by Crippen LogP contribution is 2.36. The molecule has 0 fully saturated rings. The highest BCUT2D eigenvalue weighted by molar-refractivity contribution is 5.87. The van der Waals surface area contributed by atoms with Crippen LogP contribution in [0.25, 0.3) is 0 Å². The second-order valence-electron chi connectivity index (χ2n) is 10.5. The van der Waals surface area contributed by atoms with E-state index in [0.717, 1.165) is 24.9 Å². The quantitative estimate of drug-likeness (QED) is 0.187. The highest BCUT2D eigenvalue weighted by Gasteiger charge is 2.21. The predicted molar refractivity (Wildman–Crippen MR) is 137 cm³/mol. The Morgan fingerprint density at radius 1 is 0.969 bits per heavy atom. The molecule has 0 bridgehead atoms. The molecule has 0 atom stereocenters. The zero-order chi connectivity index (χ0) is 23.9. The monoisotopic (exact) mass is 437 g/mol. The van der Waals surface area contributed by atoms with E-state index in [1.165, 1.54) is 30.0 Å². The summed E-state index contributed by atoms with van der Waals surface area (Å²) in [4.78, 5) is 15.9. The number of nitrogens with one attached hydrogen (secondary N) is 1. The third-order valence-electron chi connectivity index (χ3n) is 5.59. The number of hydrogen-bond acceptors (Lipinski definition) is 4. The molecule has 0 aliphatic carbocycles. The van der Waals surface area contributed by atoms with Gasteiger partial charge in [-0.1, -0.05) is 79.9 Å². The van der Waals surface area contributed by atoms with Gasteiger partial charge in [0.25, 0.3) is 5.69 Å². The van der Waals surface area contributed by atoms with Crippen LogP contribution >= 0.6 is 0 Å². The summed E-state index contributed by atoms with van der Waals surface area (Å²) >= 11 is 0. The summed E-state index contributed by atoms with van der Waals surface area (Å²) in [7, 11) is 0. The van der Waals surface area contributed by atoms with Gasteiger partial charge >= 0.3 is 0 Å². The number of para-hydroxylation sites is 1. The zero-order valence-electron chi connectivity index (χ0n) is 20.8. The molecule has 2 aromatic rings. The van der Waals surface area contributed by atoms with E-state index in [-0.39, 0.29) is 21.4 Å². The number of nitro groups is 1. The van der Waals surface area contributed by atoms with E-state index in [0.29, 0.717) is 11.4 Å². The molecule has 0 saturated heterocycles. The van der Waals surface area contributed by atoms with Crippen molar-refractivity contribution in [2.75, 3.05) is 11.9 Å². The van der Waals surface area contributed by atoms with Crippen LogP contribution in [-0.2, 0) is 10.8 Å². The molecule has 1 N–H and O–H groups in total. The van der Waals surface area contributed by atoms with E-state index in [4.69, 9.17) is 0 Å². The first-order chi connectivity index (χ1) is 14.9. The maximum atomic E-state index is 11.7. The van der Waals surface area contributed by atoms with Gasteiger partial charge in [0.05, 0.1) is 10.6 Å². The Labute approximate surface area is 193 Å². The Hall–Kier alpha value is -2.69. The molecule has 174 valence electrons. The number of nitrogens with zero attached hydrogens (tertiary/aromatic N) is 2. The van der Waals surface area contributed by atoms with Crippen molar-refractivity contribution in [1.82, 2.24) is 0 Å². The Morgan fingerprint density at radius 2 is 1.59 bits per heavy atom. The first-order valence-corrected chi connectivity index (χ1v) is 11.6. The number of hydrogen-bond donors (Lipinski definition) is 1. The van der Waals surface area contributed by atoms with E-state index in [1.54, 1.807) is 12.3 Å². The molecule has 0 aliphatic heterocycles. The fraction of sp³-hybridized carbons (Fsp3) is 0.519. The minimum atomic E-state index is -0.360. The van der Waals surface area contributed by atoms with Crippen LogP contribution < -0.4 is 5.32 Å². The molecule has 5 nitrogen and oxygen atoms in total. The van der Waals surface area contributed by atoms with Gasteiger partial charge in [0.15, 0.2) is 5.69 Å². The largest absolute Gasteiger partial charge is 0.383 e. The van der Waals surface area contributed by atoms with Crippen molar-refractivity contribution in [3.8, 4) is 0 Å². The minimum Gasteiger partial charge on any atom is -0.383 e. The van der Waals surface area contributed by atoms with Gasteiger partial charge < -0.3 is 5.32 Å². The van der Waals surface area contributed by atoms with Gasteiger partial charge in [0.1, 0.15) is 0 Å². The van der Waals surface area contributed by atoms with Gasteiger partial charge in [0, 0.05) is 18.8 Å². The van der Waals surface area contributed by atoms with E-state index in [2.05, 4.69) is 77.0 Å². The Bertz CT molecular complexity index is 918. The maximum Gasteiger partial charge on any atom is 0.296 e. The molecule has 2 aromatic carbocycles. The fourth-order valence-electron chi connectivity index (χ4n) is 3.46. The first kappa shape index (κ1) is 25.6. The van der Waals surface area contributed by atoms with Crippen molar-refractivity contribution in [3.63, 3.8) is 0 Å². The predicted octanol–water partition coefficient (Wildman–Crippen LogP) is 7.93. The average molecular weight is 438 g/mol. The van der Waals surface area contributed by atoms with Crippen molar-refractivity contribution in [3.05, 3.63) is 63.2 Å². The fourth-order valence-corrected chi connectivity index (χ4v) is 3.46. The van der Waals surface area contributed by atoms with Crippen molar-refractivity contribution in [1.29, 1.82) is 0 Å². The van der Waals surface area contributed by atoms with Gasteiger partial charge in [0.2, 0.25) is 0 Å². The number of anilines is 1. The summed E-state index contributed by atoms with van der Waals surface area (Å²) in [5.41, 5.74) is 4.49. The molecule has 0 aliphatic rings. The van der Waals surface area contributed by atoms with Crippen LogP contribution in [-0.4, -0.2) is 17.7 Å². The average Bonchev–Trinajstić information content (AvgIpc) is 2.70. The van der Waals surface area contributed by atoms with Gasteiger partial charge in [-0.25, -0.2) is 4.99 Å². The molecule has 0 unspecified atom stereocenters. The van der Waals surface area contributed by atoms with E-state index < -0.39 is 0 Å². The molecule has 5 heteroatoms. The van der Waals surface area contributed by atoms with Crippen molar-refractivity contribution >= 4 is 23.3 Å². The molecule has 0 radical (unpaired) electrons. The van der Waals surface area contributed by atoms with E-state index in [9.17, 15) is 10.1 Å². The van der Waals surface area contributed by atoms with E-state index >= 15 is 0 Å². The van der Waals surface area contributed by atoms with Crippen LogP contribution in [0.15, 0.2) is 41.4 Å². The van der Waals surface area contributed by atoms with Crippen molar-refractivity contribution in [2.45, 2.75) is 85.0 Å². The molecular formula is C27H39N3O2. The summed E-state index contributed by atoms with van der Waals surface area (Å²) < 4.78 is 0. The molecule has 0 amide bonds. The number of unbranched alkanes of at least 4 members (excludes halogenated alkanes) is 3. The summed E-state index contributed by atoms with van der Waals surface area (Å²) in [6.45, 7) is 16.1. The number of nitro benzene ring substituents is 1. The van der Waals surface area contributed by atoms with Gasteiger partial charge in [-0.3, -0.25) is 10.1 Å². The number of benzene rings is 2. The SMILES string of the molecule is CCCCCCNc1cccc([N+](=O)[O-])c1N=Cc1cc(C(C)(C)C)cc(C(C)(C)C)c1. The lowest BCUT2D eigenvalue weighted by atomic mass is 9.79. The third kappa shape index (κ3) is 7.18. The number of rotatable bonds is 9. The topological polar surface area (TPSA) is 67.5 Å². The minimum absolute atomic E-state index is 0.00615. The highest BCUT2D eigenvalue weighted by atomic mass is 16.6. The van der Waals surface area contributed by atoms with Crippen LogP contribution in [0.3, 0.4) is 0 Å². The smallest absolute Gasteiger partial charge is 0.296 e. The second-order valence-corrected chi connectivity index (χ2v) is 10.5. The van der Waals surface area contributed by atoms with Crippen LogP contribution in [0, 0.1) is 10.1 Å². The molecule has 0 aromatic heterocycles. The van der Waals surface area contributed by atoms with Gasteiger partial charge in [-0.15, -0.1) is 0 Å². The third-order valence-corrected chi connectivity index (χ3v) is 5.59. The lowest BCUT2D eigenvalue weighted by Crippen LogP contribution is -2.17. The van der Waals surface area contributed by atoms with Crippen molar-refractivity contribution < 1.29 is 4.92 Å². The molecule has 32 heavy (non-hydrogen) atoms. The Morgan fingerprint density at radius 3 is 2.12 bits per heavy atom. The molecule has 2 rings (SSSR count). The summed E-state index contributed by atoms with van der Waals surface area (Å²) in [5.74, 6) is 0. The molecule has 0 saturated carbocycles. The second kappa shape index (κ2) is 10.8. The zero-order valence-corrected chi connectivity index (χ0v) is 20.8. The molecular weight excluding hydrogens is 398 g/mol. The van der Waals surface area contributed by atoms with Crippen LogP contribution in [0.2, 0.25) is 0 Å². The number of aliphatic imine (C=N–C) groups is 1. The Kier molecular flexibility index (Phi) is 8.59. The molecule has 0 heterocycles. The van der Waals surface area contributed by atoms with Crippen molar-refractivity contribution in [2.24, 2.45) is 4.99 Å². The molecule has 0 spiro atoms. The lowest BCUT2D eigenvalue weighted by molar-refractivity contribution is -0.384. The maximum absolute atomic E-state index is 11.7. The van der Waals surface area contributed by atoms with Crippen LogP contribution in [0.5, 0.6) is 0 Å². The lowest BCUT2D eigenvalue weighted by Gasteiger charge is -2.25. The standard InChI is InChI=1S/C27H39N3O2/c1-8-9-10-11-15-28-23-13-12-14-24(30(31)32)25(23)29-19-20-16-21(26(2,3)4)18-22(17-20)27(5,6)7/h12-14,16-19,28H,8-11,15H2,1-7H3. The summed E-state index contributed by atoms with van der Waals surface area (Å²) in [6.07, 6.45) is 6.31. The summed E-state index contributed by atoms with van der Waals surface area (Å²) in [6, 6.07) is 11.6. The van der Waals surface area contributed by atoms with E-state index in [1.807, 2.05) is 6.07 Å². The van der Waals surface area contributed by atoms with Gasteiger partial charge in [-0.2, -0.15) is 0 Å². The Balaban J connectivity index is 2.44. The summed E-state index contributed by atoms with van der Waals surface area (Å²) in [5, 5.41) is 15.0. The van der Waals surface area contributed by atoms with Gasteiger partial charge in [-0.05, 0) is 52.1 Å². The van der Waals surface area contributed by atoms with Crippen LogP contribution in [0.4, 0.5) is 17.1 Å².